The van der Waals surface area contributed by atoms with Crippen LogP contribution in [0.15, 0.2) is 42.5 Å². The number of amides is 1. The number of nitrogens with one attached hydrogen (secondary N) is 1. The van der Waals surface area contributed by atoms with Crippen molar-refractivity contribution >= 4 is 5.91 Å². The minimum atomic E-state index is -0.534. The number of hydrogen-bond donors (Lipinski definition) is 2. The fourth-order valence-electron chi connectivity index (χ4n) is 1.56. The molecule has 19 heavy (non-hydrogen) atoms. The number of carbonyl (C=O) groups excluding carboxylic acids is 1. The third-order valence-electron chi connectivity index (χ3n) is 2.64. The predicted octanol–water partition coefficient (Wildman–Crippen LogP) is 2.83. The largest absolute Gasteiger partial charge is 0.388 e. The maximum atomic E-state index is 11.5. The summed E-state index contributed by atoms with van der Waals surface area (Å²) in [5.41, 5.74) is 0.878. The first kappa shape index (κ1) is 15.4. The lowest BCUT2D eigenvalue weighted by atomic mass is 9.96. The van der Waals surface area contributed by atoms with Crippen LogP contribution in [0.4, 0.5) is 0 Å². The average molecular weight is 261 g/mol. The van der Waals surface area contributed by atoms with E-state index in [1.54, 1.807) is 6.08 Å². The quantitative estimate of drug-likeness (QED) is 0.801. The monoisotopic (exact) mass is 261 g/mol. The Morgan fingerprint density at radius 1 is 1.32 bits per heavy atom. The van der Waals surface area contributed by atoms with Crippen molar-refractivity contribution in [3.63, 3.8) is 0 Å². The van der Waals surface area contributed by atoms with Crippen molar-refractivity contribution in [3.8, 4) is 0 Å². The molecule has 1 amide bonds. The predicted molar refractivity (Wildman–Crippen MR) is 77.6 cm³/mol. The van der Waals surface area contributed by atoms with Crippen LogP contribution in [0, 0.1) is 5.41 Å². The molecule has 1 rings (SSSR count). The van der Waals surface area contributed by atoms with Crippen LogP contribution in [0.1, 0.15) is 38.9 Å². The van der Waals surface area contributed by atoms with Crippen LogP contribution in [0.25, 0.3) is 0 Å². The van der Waals surface area contributed by atoms with Crippen LogP contribution in [0.5, 0.6) is 0 Å². The molecule has 1 atom stereocenters. The fraction of sp³-hybridized carbons (Fsp3) is 0.438. The zero-order chi connectivity index (χ0) is 14.3. The van der Waals surface area contributed by atoms with Gasteiger partial charge in [-0.15, -0.1) is 0 Å². The summed E-state index contributed by atoms with van der Waals surface area (Å²) in [6, 6.07) is 9.46. The molecule has 0 fully saturated rings. The molecule has 0 saturated carbocycles. The van der Waals surface area contributed by atoms with Crippen LogP contribution in [0.3, 0.4) is 0 Å². The Morgan fingerprint density at radius 3 is 2.53 bits per heavy atom. The first-order chi connectivity index (χ1) is 8.88. The van der Waals surface area contributed by atoms with Crippen LogP contribution in [0.2, 0.25) is 0 Å². The summed E-state index contributed by atoms with van der Waals surface area (Å²) in [6.07, 6.45) is 3.40. The minimum Gasteiger partial charge on any atom is -0.388 e. The Morgan fingerprint density at radius 2 is 1.95 bits per heavy atom. The van der Waals surface area contributed by atoms with Crippen molar-refractivity contribution in [1.82, 2.24) is 5.32 Å². The van der Waals surface area contributed by atoms with Gasteiger partial charge < -0.3 is 10.4 Å². The van der Waals surface area contributed by atoms with Crippen LogP contribution in [-0.2, 0) is 4.79 Å². The average Bonchev–Trinajstić information content (AvgIpc) is 2.36. The standard InChI is InChI=1S/C16H23NO2/c1-16(2,3)11-9-15(19)17-12-10-14(18)13-7-5-4-6-8-13/h4-9,11,14,18H,10,12H2,1-3H3,(H,17,19). The second kappa shape index (κ2) is 7.10. The summed E-state index contributed by atoms with van der Waals surface area (Å²) >= 11 is 0. The minimum absolute atomic E-state index is 0.000885. The first-order valence-electron chi connectivity index (χ1n) is 6.58. The van der Waals surface area contributed by atoms with E-state index in [-0.39, 0.29) is 11.3 Å². The summed E-state index contributed by atoms with van der Waals surface area (Å²) in [5.74, 6) is -0.116. The summed E-state index contributed by atoms with van der Waals surface area (Å²) in [6.45, 7) is 6.57. The molecule has 104 valence electrons. The van der Waals surface area contributed by atoms with Crippen molar-refractivity contribution in [1.29, 1.82) is 0 Å². The third kappa shape index (κ3) is 6.77. The number of hydrogen-bond acceptors (Lipinski definition) is 2. The first-order valence-corrected chi connectivity index (χ1v) is 6.58. The molecular weight excluding hydrogens is 238 g/mol. The van der Waals surface area contributed by atoms with Gasteiger partial charge in [0.15, 0.2) is 0 Å². The van der Waals surface area contributed by atoms with Crippen molar-refractivity contribution in [2.75, 3.05) is 6.54 Å². The highest BCUT2D eigenvalue weighted by molar-refractivity contribution is 5.87. The van der Waals surface area contributed by atoms with Crippen molar-refractivity contribution in [2.24, 2.45) is 5.41 Å². The molecule has 0 heterocycles. The Labute approximate surface area is 115 Å². The van der Waals surface area contributed by atoms with Gasteiger partial charge in [0.25, 0.3) is 0 Å². The second-order valence-electron chi connectivity index (χ2n) is 5.71. The van der Waals surface area contributed by atoms with Gasteiger partial charge in [0.1, 0.15) is 0 Å². The van der Waals surface area contributed by atoms with Gasteiger partial charge in [-0.3, -0.25) is 4.79 Å². The topological polar surface area (TPSA) is 49.3 Å². The van der Waals surface area contributed by atoms with Gasteiger partial charge in [0.05, 0.1) is 6.10 Å². The molecule has 0 radical (unpaired) electrons. The molecule has 0 spiro atoms. The lowest BCUT2D eigenvalue weighted by Crippen LogP contribution is -2.24. The zero-order valence-electron chi connectivity index (χ0n) is 11.9. The molecule has 0 aliphatic carbocycles. The molecule has 0 aromatic heterocycles. The molecular formula is C16H23NO2. The summed E-state index contributed by atoms with van der Waals surface area (Å²) in [5, 5.41) is 12.7. The maximum absolute atomic E-state index is 11.5. The van der Waals surface area contributed by atoms with E-state index in [9.17, 15) is 9.90 Å². The summed E-state index contributed by atoms with van der Waals surface area (Å²) in [4.78, 5) is 11.5. The zero-order valence-corrected chi connectivity index (χ0v) is 11.9. The molecule has 3 heteroatoms. The van der Waals surface area contributed by atoms with E-state index in [4.69, 9.17) is 0 Å². The van der Waals surface area contributed by atoms with E-state index in [0.717, 1.165) is 5.56 Å². The lowest BCUT2D eigenvalue weighted by molar-refractivity contribution is -0.116. The van der Waals surface area contributed by atoms with E-state index in [0.29, 0.717) is 13.0 Å². The molecule has 3 nitrogen and oxygen atoms in total. The maximum Gasteiger partial charge on any atom is 0.243 e. The Kier molecular flexibility index (Phi) is 5.77. The highest BCUT2D eigenvalue weighted by Gasteiger charge is 2.08. The Hall–Kier alpha value is -1.61. The Bertz CT molecular complexity index is 418. The highest BCUT2D eigenvalue weighted by atomic mass is 16.3. The highest BCUT2D eigenvalue weighted by Crippen LogP contribution is 2.15. The number of rotatable bonds is 5. The number of aliphatic hydroxyl groups is 1. The molecule has 0 bridgehead atoms. The van der Waals surface area contributed by atoms with Crippen molar-refractivity contribution in [2.45, 2.75) is 33.3 Å². The molecule has 1 unspecified atom stereocenters. The second-order valence-corrected chi connectivity index (χ2v) is 5.71. The van der Waals surface area contributed by atoms with E-state index in [2.05, 4.69) is 5.32 Å². The summed E-state index contributed by atoms with van der Waals surface area (Å²) < 4.78 is 0. The van der Waals surface area contributed by atoms with Gasteiger partial charge in [-0.25, -0.2) is 0 Å². The molecule has 2 N–H and O–H groups in total. The van der Waals surface area contributed by atoms with Gasteiger partial charge in [0, 0.05) is 6.54 Å². The third-order valence-corrected chi connectivity index (χ3v) is 2.64. The number of benzene rings is 1. The normalized spacial score (nSPS) is 13.5. The van der Waals surface area contributed by atoms with Crippen molar-refractivity contribution in [3.05, 3.63) is 48.0 Å². The van der Waals surface area contributed by atoms with E-state index in [1.807, 2.05) is 57.2 Å². The number of carbonyl (C=O) groups is 1. The van der Waals surface area contributed by atoms with E-state index in [1.165, 1.54) is 0 Å². The molecule has 1 aromatic rings. The van der Waals surface area contributed by atoms with E-state index >= 15 is 0 Å². The molecule has 0 aliphatic heterocycles. The molecule has 1 aromatic carbocycles. The SMILES string of the molecule is CC(C)(C)C=CC(=O)NCCC(O)c1ccccc1. The van der Waals surface area contributed by atoms with Gasteiger partial charge in [-0.05, 0) is 23.5 Å². The van der Waals surface area contributed by atoms with Gasteiger partial charge >= 0.3 is 0 Å². The van der Waals surface area contributed by atoms with Crippen LogP contribution >= 0.6 is 0 Å². The molecule has 0 aliphatic rings. The van der Waals surface area contributed by atoms with Crippen LogP contribution in [-0.4, -0.2) is 17.6 Å². The summed E-state index contributed by atoms with van der Waals surface area (Å²) in [7, 11) is 0. The van der Waals surface area contributed by atoms with Crippen LogP contribution < -0.4 is 5.32 Å². The molecule has 0 saturated heterocycles. The van der Waals surface area contributed by atoms with Gasteiger partial charge in [-0.2, -0.15) is 0 Å². The van der Waals surface area contributed by atoms with Gasteiger partial charge in [0.2, 0.25) is 5.91 Å². The number of allylic oxidation sites excluding steroid dienone is 1. The smallest absolute Gasteiger partial charge is 0.243 e. The Balaban J connectivity index is 2.31. The van der Waals surface area contributed by atoms with E-state index < -0.39 is 6.10 Å². The fourth-order valence-corrected chi connectivity index (χ4v) is 1.56. The lowest BCUT2D eigenvalue weighted by Gasteiger charge is -2.12. The number of aliphatic hydroxyl groups excluding tert-OH is 1. The van der Waals surface area contributed by atoms with Crippen molar-refractivity contribution < 1.29 is 9.90 Å². The van der Waals surface area contributed by atoms with Gasteiger partial charge in [-0.1, -0.05) is 57.2 Å².